The predicted molar refractivity (Wildman–Crippen MR) is 164 cm³/mol. The number of halogens is 1. The van der Waals surface area contributed by atoms with Crippen LogP contribution in [0.4, 0.5) is 11.6 Å². The number of guanidine groups is 1. The van der Waals surface area contributed by atoms with Gasteiger partial charge in [-0.25, -0.2) is 9.97 Å². The number of carbonyl (C=O) groups is 1. The Bertz CT molecular complexity index is 1350. The van der Waals surface area contributed by atoms with Gasteiger partial charge in [0.15, 0.2) is 28.4 Å². The molecule has 0 radical (unpaired) electrons. The van der Waals surface area contributed by atoms with Crippen LogP contribution in [0.2, 0.25) is 5.15 Å². The summed E-state index contributed by atoms with van der Waals surface area (Å²) in [6, 6.07) is 13.4. The molecule has 226 valence electrons. The van der Waals surface area contributed by atoms with Gasteiger partial charge in [-0.15, -0.1) is 0 Å². The number of anilines is 2. The first kappa shape index (κ1) is 32.5. The van der Waals surface area contributed by atoms with E-state index in [1.807, 2.05) is 0 Å². The number of nitrogens with two attached hydrogens (primary N) is 3. The summed E-state index contributed by atoms with van der Waals surface area (Å²) in [6.45, 7) is 1.37. The molecule has 1 aromatic heterocycles. The van der Waals surface area contributed by atoms with Crippen molar-refractivity contribution in [3.05, 3.63) is 75.6 Å². The second kappa shape index (κ2) is 16.5. The fourth-order valence-corrected chi connectivity index (χ4v) is 4.34. The smallest absolute Gasteiger partial charge is 0.280 e. The van der Waals surface area contributed by atoms with Gasteiger partial charge in [0.2, 0.25) is 0 Å². The molecule has 11 N–H and O–H groups in total. The van der Waals surface area contributed by atoms with E-state index in [0.717, 1.165) is 45.1 Å². The van der Waals surface area contributed by atoms with E-state index in [9.17, 15) is 20.1 Å². The highest BCUT2D eigenvalue weighted by atomic mass is 35.5. The van der Waals surface area contributed by atoms with E-state index in [1.165, 1.54) is 17.2 Å². The molecule has 12 nitrogen and oxygen atoms in total. The van der Waals surface area contributed by atoms with Crippen LogP contribution in [0.3, 0.4) is 0 Å². The first-order chi connectivity index (χ1) is 20.2. The van der Waals surface area contributed by atoms with E-state index < -0.39 is 12.0 Å². The van der Waals surface area contributed by atoms with Crippen molar-refractivity contribution in [1.29, 1.82) is 0 Å². The van der Waals surface area contributed by atoms with Crippen molar-refractivity contribution in [2.24, 2.45) is 10.7 Å². The van der Waals surface area contributed by atoms with Crippen LogP contribution in [0.25, 0.3) is 0 Å². The minimum Gasteiger partial charge on any atom is -0.508 e. The zero-order chi connectivity index (χ0) is 30.5. The number of phenols is 1. The number of nitrogens with zero attached hydrogens (tertiary/aromatic N) is 3. The third-order valence-electron chi connectivity index (χ3n) is 6.61. The van der Waals surface area contributed by atoms with Crippen LogP contribution >= 0.6 is 11.6 Å². The molecular weight excluding hydrogens is 560 g/mol. The monoisotopic (exact) mass is 598 g/mol. The average molecular weight is 599 g/mol. The number of amides is 1. The molecule has 0 saturated heterocycles. The van der Waals surface area contributed by atoms with Crippen LogP contribution in [0.1, 0.15) is 64.5 Å². The average Bonchev–Trinajstić information content (AvgIpc) is 2.97. The van der Waals surface area contributed by atoms with Crippen LogP contribution in [-0.2, 0) is 19.4 Å². The lowest BCUT2D eigenvalue weighted by atomic mass is 10.0. The van der Waals surface area contributed by atoms with Gasteiger partial charge in [0.05, 0.1) is 12.7 Å². The van der Waals surface area contributed by atoms with E-state index in [0.29, 0.717) is 24.2 Å². The summed E-state index contributed by atoms with van der Waals surface area (Å²) in [7, 11) is 0. The first-order valence-corrected chi connectivity index (χ1v) is 14.1. The topological polar surface area (TPSA) is 218 Å². The summed E-state index contributed by atoms with van der Waals surface area (Å²) in [5, 5.41) is 34.8. The molecular formula is C29H39ClN8O4. The molecule has 0 unspecified atom stereocenters. The zero-order valence-electron chi connectivity index (χ0n) is 23.4. The van der Waals surface area contributed by atoms with Crippen molar-refractivity contribution in [2.75, 3.05) is 31.1 Å². The SMILES string of the molecule is NC(=NCCCCc1ccc(CCCCNC[C@@H](O)c2ccc(O)c(CO)c2)cc1)NC(=O)c1nc(Cl)c(N)nc1N. The Morgan fingerprint density at radius 2 is 1.64 bits per heavy atom. The highest BCUT2D eigenvalue weighted by molar-refractivity contribution is 6.31. The van der Waals surface area contributed by atoms with Crippen molar-refractivity contribution >= 4 is 35.1 Å². The summed E-state index contributed by atoms with van der Waals surface area (Å²) in [5.74, 6) is -0.897. The number of hydrogen-bond acceptors (Lipinski definition) is 10. The standard InChI is InChI=1S/C29H39ClN8O4/c30-25-27(32)37-26(31)24(36-25)28(42)38-29(33)35-14-4-2-6-19-9-7-18(8-10-19)5-1-3-13-34-16-23(41)20-11-12-22(40)21(15-20)17-39/h7-12,15,23,34,39-41H,1-6,13-14,16-17H2,(H4,31,32,37)(H3,33,35,38,42)/t23-/m1/s1. The van der Waals surface area contributed by atoms with Crippen LogP contribution < -0.4 is 27.8 Å². The molecule has 0 bridgehead atoms. The van der Waals surface area contributed by atoms with Gasteiger partial charge in [-0.1, -0.05) is 41.9 Å². The molecule has 2 aromatic carbocycles. The lowest BCUT2D eigenvalue weighted by Gasteiger charge is -2.14. The maximum Gasteiger partial charge on any atom is 0.280 e. The Balaban J connectivity index is 1.27. The largest absolute Gasteiger partial charge is 0.508 e. The Labute approximate surface area is 250 Å². The van der Waals surface area contributed by atoms with Crippen molar-refractivity contribution in [1.82, 2.24) is 20.6 Å². The molecule has 1 heterocycles. The third kappa shape index (κ3) is 10.1. The van der Waals surface area contributed by atoms with E-state index in [4.69, 9.17) is 28.8 Å². The number of aromatic hydroxyl groups is 1. The van der Waals surface area contributed by atoms with Crippen LogP contribution in [0, 0.1) is 0 Å². The predicted octanol–water partition coefficient (Wildman–Crippen LogP) is 2.21. The number of aliphatic imine (C=N–C) groups is 1. The van der Waals surface area contributed by atoms with Gasteiger partial charge in [-0.2, -0.15) is 0 Å². The minimum absolute atomic E-state index is 0.0237. The number of rotatable bonds is 15. The molecule has 0 fully saturated rings. The fourth-order valence-electron chi connectivity index (χ4n) is 4.21. The van der Waals surface area contributed by atoms with Gasteiger partial charge in [0.1, 0.15) is 5.75 Å². The molecule has 42 heavy (non-hydrogen) atoms. The molecule has 3 aromatic rings. The zero-order valence-corrected chi connectivity index (χ0v) is 24.1. The second-order valence-electron chi connectivity index (χ2n) is 9.85. The van der Waals surface area contributed by atoms with Gasteiger partial charge < -0.3 is 37.8 Å². The van der Waals surface area contributed by atoms with E-state index in [2.05, 4.69) is 49.9 Å². The van der Waals surface area contributed by atoms with Gasteiger partial charge in [0, 0.05) is 18.7 Å². The fraction of sp³-hybridized carbons (Fsp3) is 0.379. The molecule has 1 amide bonds. The van der Waals surface area contributed by atoms with Gasteiger partial charge in [-0.3, -0.25) is 15.1 Å². The first-order valence-electron chi connectivity index (χ1n) is 13.8. The Hall–Kier alpha value is -3.97. The van der Waals surface area contributed by atoms with Crippen molar-refractivity contribution in [2.45, 2.75) is 51.2 Å². The number of nitrogen functional groups attached to an aromatic ring is 2. The van der Waals surface area contributed by atoms with Gasteiger partial charge in [0.25, 0.3) is 5.91 Å². The maximum absolute atomic E-state index is 12.3. The summed E-state index contributed by atoms with van der Waals surface area (Å²) < 4.78 is 0. The number of aromatic nitrogens is 2. The van der Waals surface area contributed by atoms with Crippen LogP contribution in [0.15, 0.2) is 47.5 Å². The number of aliphatic hydroxyl groups excluding tert-OH is 2. The van der Waals surface area contributed by atoms with E-state index in [1.54, 1.807) is 12.1 Å². The molecule has 0 aliphatic rings. The number of unbranched alkanes of at least 4 members (excludes halogenated alkanes) is 2. The summed E-state index contributed by atoms with van der Waals surface area (Å²) in [5.41, 5.74) is 20.4. The molecule has 0 saturated carbocycles. The van der Waals surface area contributed by atoms with Crippen molar-refractivity contribution in [3.8, 4) is 5.75 Å². The number of carbonyl (C=O) groups excluding carboxylic acids is 1. The maximum atomic E-state index is 12.3. The van der Waals surface area contributed by atoms with E-state index in [-0.39, 0.29) is 40.8 Å². The number of benzene rings is 2. The normalized spacial score (nSPS) is 12.3. The Morgan fingerprint density at radius 3 is 2.31 bits per heavy atom. The van der Waals surface area contributed by atoms with Crippen LogP contribution in [0.5, 0.6) is 5.75 Å². The number of nitrogens with one attached hydrogen (secondary N) is 2. The molecule has 0 spiro atoms. The van der Waals surface area contributed by atoms with Gasteiger partial charge in [-0.05, 0) is 73.9 Å². The quantitative estimate of drug-likeness (QED) is 0.0724. The molecule has 13 heteroatoms. The van der Waals surface area contributed by atoms with Crippen molar-refractivity contribution in [3.63, 3.8) is 0 Å². The molecule has 0 aliphatic heterocycles. The highest BCUT2D eigenvalue weighted by Gasteiger charge is 2.16. The number of aliphatic hydroxyl groups is 2. The second-order valence-corrected chi connectivity index (χ2v) is 10.2. The molecule has 1 atom stereocenters. The minimum atomic E-state index is -0.705. The Morgan fingerprint density at radius 1 is 0.976 bits per heavy atom. The number of hydrogen-bond donors (Lipinski definition) is 8. The van der Waals surface area contributed by atoms with Crippen LogP contribution in [-0.4, -0.2) is 56.8 Å². The summed E-state index contributed by atoms with van der Waals surface area (Å²) >= 11 is 5.80. The Kier molecular flexibility index (Phi) is 12.8. The van der Waals surface area contributed by atoms with Gasteiger partial charge >= 0.3 is 0 Å². The molecule has 0 aliphatic carbocycles. The highest BCUT2D eigenvalue weighted by Crippen LogP contribution is 2.22. The number of aryl methyl sites for hydroxylation is 2. The lowest BCUT2D eigenvalue weighted by Crippen LogP contribution is -2.38. The summed E-state index contributed by atoms with van der Waals surface area (Å²) in [4.78, 5) is 24.0. The lowest BCUT2D eigenvalue weighted by molar-refractivity contribution is 0.0972. The van der Waals surface area contributed by atoms with Crippen molar-refractivity contribution < 1.29 is 20.1 Å². The summed E-state index contributed by atoms with van der Waals surface area (Å²) in [6.07, 6.45) is 4.89. The third-order valence-corrected chi connectivity index (χ3v) is 6.88. The molecule has 3 rings (SSSR count). The van der Waals surface area contributed by atoms with E-state index >= 15 is 0 Å².